The molecule has 2 aromatic rings. The fourth-order valence-corrected chi connectivity index (χ4v) is 7.32. The molecular weight excluding hydrogens is 436 g/mol. The summed E-state index contributed by atoms with van der Waals surface area (Å²) in [5.41, 5.74) is 2.88. The molecule has 0 radical (unpaired) electrons. The molecule has 0 aromatic heterocycles. The summed E-state index contributed by atoms with van der Waals surface area (Å²) in [4.78, 5) is 12.2. The van der Waals surface area contributed by atoms with Crippen molar-refractivity contribution >= 4 is 5.91 Å². The molecular formula is C30H40N2O3. The number of amides is 1. The molecule has 0 aliphatic heterocycles. The number of methoxy groups -OCH3 is 1. The van der Waals surface area contributed by atoms with E-state index in [-0.39, 0.29) is 12.5 Å². The molecule has 4 fully saturated rings. The third kappa shape index (κ3) is 5.66. The SMILES string of the molecule is COc1cc(CNC(C)C23CC4CC(CC(C4)C2)C3)ccc1OCC(=O)NCCc1ccccc1. The predicted octanol–water partition coefficient (Wildman–Crippen LogP) is 5.13. The number of benzene rings is 2. The largest absolute Gasteiger partial charge is 0.493 e. The van der Waals surface area contributed by atoms with Gasteiger partial charge in [-0.3, -0.25) is 4.79 Å². The van der Waals surface area contributed by atoms with Crippen LogP contribution in [0.3, 0.4) is 0 Å². The molecule has 4 bridgehead atoms. The van der Waals surface area contributed by atoms with Gasteiger partial charge in [-0.05, 0) is 98.3 Å². The van der Waals surface area contributed by atoms with Crippen LogP contribution in [0.2, 0.25) is 0 Å². The number of nitrogens with one attached hydrogen (secondary N) is 2. The third-order valence-electron chi connectivity index (χ3n) is 8.78. The zero-order valence-corrected chi connectivity index (χ0v) is 21.2. The summed E-state index contributed by atoms with van der Waals surface area (Å²) < 4.78 is 11.4. The third-order valence-corrected chi connectivity index (χ3v) is 8.78. The molecule has 5 heteroatoms. The summed E-state index contributed by atoms with van der Waals surface area (Å²) in [6.45, 7) is 3.79. The van der Waals surface area contributed by atoms with Crippen molar-refractivity contribution in [2.24, 2.45) is 23.2 Å². The zero-order chi connectivity index (χ0) is 24.3. The first kappa shape index (κ1) is 24.2. The van der Waals surface area contributed by atoms with Gasteiger partial charge in [0.05, 0.1) is 7.11 Å². The van der Waals surface area contributed by atoms with Gasteiger partial charge in [0.15, 0.2) is 18.1 Å². The Morgan fingerprint density at radius 3 is 2.31 bits per heavy atom. The van der Waals surface area contributed by atoms with Crippen molar-refractivity contribution in [3.63, 3.8) is 0 Å². The van der Waals surface area contributed by atoms with Gasteiger partial charge < -0.3 is 20.1 Å². The van der Waals surface area contributed by atoms with Crippen molar-refractivity contribution in [1.29, 1.82) is 0 Å². The Morgan fingerprint density at radius 1 is 0.971 bits per heavy atom. The van der Waals surface area contributed by atoms with Crippen LogP contribution >= 0.6 is 0 Å². The Morgan fingerprint density at radius 2 is 1.66 bits per heavy atom. The fourth-order valence-electron chi connectivity index (χ4n) is 7.32. The highest BCUT2D eigenvalue weighted by Gasteiger charge is 2.52. The molecule has 4 aliphatic rings. The summed E-state index contributed by atoms with van der Waals surface area (Å²) in [5, 5.41) is 6.78. The molecule has 35 heavy (non-hydrogen) atoms. The lowest BCUT2D eigenvalue weighted by Gasteiger charge is -2.59. The fraction of sp³-hybridized carbons (Fsp3) is 0.567. The van der Waals surface area contributed by atoms with Crippen LogP contribution in [0.5, 0.6) is 11.5 Å². The summed E-state index contributed by atoms with van der Waals surface area (Å²) >= 11 is 0. The normalized spacial score (nSPS) is 27.4. The zero-order valence-electron chi connectivity index (χ0n) is 21.2. The Balaban J connectivity index is 1.10. The van der Waals surface area contributed by atoms with Gasteiger partial charge in [-0.1, -0.05) is 36.4 Å². The molecule has 0 spiro atoms. The van der Waals surface area contributed by atoms with Crippen molar-refractivity contribution in [3.05, 3.63) is 59.7 Å². The van der Waals surface area contributed by atoms with Crippen LogP contribution in [0, 0.1) is 23.2 Å². The molecule has 4 saturated carbocycles. The molecule has 6 rings (SSSR count). The minimum atomic E-state index is -0.127. The maximum absolute atomic E-state index is 12.2. The number of rotatable bonds is 11. The van der Waals surface area contributed by atoms with E-state index in [1.165, 1.54) is 49.7 Å². The van der Waals surface area contributed by atoms with Gasteiger partial charge in [0.25, 0.3) is 5.91 Å². The molecule has 2 N–H and O–H groups in total. The van der Waals surface area contributed by atoms with Crippen LogP contribution in [0.25, 0.3) is 0 Å². The molecule has 5 nitrogen and oxygen atoms in total. The van der Waals surface area contributed by atoms with Crippen molar-refractivity contribution in [2.45, 2.75) is 64.5 Å². The van der Waals surface area contributed by atoms with E-state index in [9.17, 15) is 4.79 Å². The van der Waals surface area contributed by atoms with Gasteiger partial charge in [0.1, 0.15) is 0 Å². The number of hydrogen-bond acceptors (Lipinski definition) is 4. The highest BCUT2D eigenvalue weighted by atomic mass is 16.5. The lowest BCUT2D eigenvalue weighted by molar-refractivity contribution is -0.123. The Kier molecular flexibility index (Phi) is 7.33. The quantitative estimate of drug-likeness (QED) is 0.472. The van der Waals surface area contributed by atoms with E-state index in [0.29, 0.717) is 29.5 Å². The molecule has 0 heterocycles. The predicted molar refractivity (Wildman–Crippen MR) is 139 cm³/mol. The molecule has 1 amide bonds. The van der Waals surface area contributed by atoms with E-state index in [4.69, 9.17) is 9.47 Å². The second kappa shape index (κ2) is 10.6. The summed E-state index contributed by atoms with van der Waals surface area (Å²) in [6.07, 6.45) is 9.49. The first-order valence-corrected chi connectivity index (χ1v) is 13.4. The number of carbonyl (C=O) groups is 1. The van der Waals surface area contributed by atoms with Gasteiger partial charge in [0, 0.05) is 19.1 Å². The van der Waals surface area contributed by atoms with Crippen LogP contribution in [0.4, 0.5) is 0 Å². The Labute approximate surface area is 210 Å². The standard InChI is InChI=1S/C30H40N2O3/c1-21(30-16-24-12-25(17-30)14-26(13-24)18-30)32-19-23-8-9-27(28(15-23)34-2)35-20-29(33)31-11-10-22-6-4-3-5-7-22/h3-9,15,21,24-26,32H,10-14,16-20H2,1-2H3,(H,31,33). The molecule has 4 aliphatic carbocycles. The van der Waals surface area contributed by atoms with Gasteiger partial charge in [-0.2, -0.15) is 0 Å². The van der Waals surface area contributed by atoms with Gasteiger partial charge in [0.2, 0.25) is 0 Å². The van der Waals surface area contributed by atoms with Gasteiger partial charge in [-0.15, -0.1) is 0 Å². The van der Waals surface area contributed by atoms with Gasteiger partial charge in [-0.25, -0.2) is 0 Å². The number of carbonyl (C=O) groups excluding carboxylic acids is 1. The average molecular weight is 477 g/mol. The van der Waals surface area contributed by atoms with Crippen LogP contribution < -0.4 is 20.1 Å². The van der Waals surface area contributed by atoms with E-state index in [1.54, 1.807) is 7.11 Å². The van der Waals surface area contributed by atoms with Crippen molar-refractivity contribution < 1.29 is 14.3 Å². The van der Waals surface area contributed by atoms with Crippen LogP contribution in [0.1, 0.15) is 56.6 Å². The van der Waals surface area contributed by atoms with Crippen LogP contribution in [-0.2, 0) is 17.8 Å². The highest BCUT2D eigenvalue weighted by molar-refractivity contribution is 5.77. The number of hydrogen-bond donors (Lipinski definition) is 2. The van der Waals surface area contributed by atoms with E-state index >= 15 is 0 Å². The van der Waals surface area contributed by atoms with E-state index in [0.717, 1.165) is 30.7 Å². The molecule has 2 aromatic carbocycles. The van der Waals surface area contributed by atoms with Crippen LogP contribution in [0.15, 0.2) is 48.5 Å². The van der Waals surface area contributed by atoms with Gasteiger partial charge >= 0.3 is 0 Å². The maximum Gasteiger partial charge on any atom is 0.257 e. The first-order chi connectivity index (χ1) is 17.0. The molecule has 1 unspecified atom stereocenters. The summed E-state index contributed by atoms with van der Waals surface area (Å²) in [7, 11) is 1.65. The first-order valence-electron chi connectivity index (χ1n) is 13.4. The monoisotopic (exact) mass is 476 g/mol. The number of ether oxygens (including phenoxy) is 2. The molecule has 1 atom stereocenters. The maximum atomic E-state index is 12.2. The minimum absolute atomic E-state index is 0.0220. The lowest BCUT2D eigenvalue weighted by Crippen LogP contribution is -2.54. The van der Waals surface area contributed by atoms with E-state index in [2.05, 4.69) is 35.8 Å². The second-order valence-electron chi connectivity index (χ2n) is 11.2. The Hall–Kier alpha value is -2.53. The van der Waals surface area contributed by atoms with E-state index < -0.39 is 0 Å². The summed E-state index contributed by atoms with van der Waals surface area (Å²) in [5.74, 6) is 4.05. The molecule has 0 saturated heterocycles. The molecule has 188 valence electrons. The van der Waals surface area contributed by atoms with Crippen molar-refractivity contribution in [3.8, 4) is 11.5 Å². The highest BCUT2D eigenvalue weighted by Crippen LogP contribution is 2.61. The van der Waals surface area contributed by atoms with Crippen molar-refractivity contribution in [2.75, 3.05) is 20.3 Å². The lowest BCUT2D eigenvalue weighted by atomic mass is 9.48. The van der Waals surface area contributed by atoms with Crippen molar-refractivity contribution in [1.82, 2.24) is 10.6 Å². The average Bonchev–Trinajstić information content (AvgIpc) is 2.86. The summed E-state index contributed by atoms with van der Waals surface area (Å²) in [6, 6.07) is 16.7. The van der Waals surface area contributed by atoms with Crippen LogP contribution in [-0.4, -0.2) is 32.2 Å². The minimum Gasteiger partial charge on any atom is -0.493 e. The smallest absolute Gasteiger partial charge is 0.257 e. The second-order valence-corrected chi connectivity index (χ2v) is 11.2. The topological polar surface area (TPSA) is 59.6 Å². The Bertz CT molecular complexity index is 971. The van der Waals surface area contributed by atoms with E-state index in [1.807, 2.05) is 30.3 Å².